The smallest absolute Gasteiger partial charge is 0.243 e. The number of rotatable bonds is 3. The average molecular weight is 251 g/mol. The topological polar surface area (TPSA) is 61.0 Å². The normalized spacial score (nSPS) is 10.6. The lowest BCUT2D eigenvalue weighted by atomic mass is 10.1. The van der Waals surface area contributed by atoms with Crippen LogP contribution in [-0.4, -0.2) is 10.2 Å². The van der Waals surface area contributed by atoms with Gasteiger partial charge >= 0.3 is 0 Å². The Labute approximate surface area is 110 Å². The van der Waals surface area contributed by atoms with Gasteiger partial charge in [-0.1, -0.05) is 36.4 Å². The van der Waals surface area contributed by atoms with Gasteiger partial charge in [0.05, 0.1) is 6.20 Å². The molecule has 3 aromatic rings. The van der Waals surface area contributed by atoms with Crippen molar-refractivity contribution in [3.8, 4) is 11.6 Å². The van der Waals surface area contributed by atoms with Crippen molar-refractivity contribution in [2.45, 2.75) is 6.54 Å². The van der Waals surface area contributed by atoms with Crippen LogP contribution in [0.5, 0.6) is 11.6 Å². The van der Waals surface area contributed by atoms with Crippen LogP contribution in [0, 0.1) is 0 Å². The SMILES string of the molecule is NCc1ccnnc1Oc1cccc2ccccc12. The molecule has 0 spiro atoms. The molecule has 0 aliphatic rings. The minimum absolute atomic E-state index is 0.371. The second-order valence-electron chi connectivity index (χ2n) is 4.15. The van der Waals surface area contributed by atoms with Crippen molar-refractivity contribution in [3.63, 3.8) is 0 Å². The molecule has 2 aromatic carbocycles. The minimum atomic E-state index is 0.371. The Morgan fingerprint density at radius 1 is 1.00 bits per heavy atom. The molecule has 2 N–H and O–H groups in total. The van der Waals surface area contributed by atoms with Crippen LogP contribution < -0.4 is 10.5 Å². The summed E-state index contributed by atoms with van der Waals surface area (Å²) < 4.78 is 5.86. The maximum atomic E-state index is 5.86. The number of benzene rings is 2. The van der Waals surface area contributed by atoms with Crippen LogP contribution in [0.15, 0.2) is 54.7 Å². The van der Waals surface area contributed by atoms with Crippen molar-refractivity contribution < 1.29 is 4.74 Å². The third-order valence-corrected chi connectivity index (χ3v) is 2.94. The number of hydrogen-bond acceptors (Lipinski definition) is 4. The van der Waals surface area contributed by atoms with Gasteiger partial charge in [0, 0.05) is 17.5 Å². The predicted octanol–water partition coefficient (Wildman–Crippen LogP) is 2.88. The van der Waals surface area contributed by atoms with E-state index in [9.17, 15) is 0 Å². The molecule has 0 bridgehead atoms. The zero-order chi connectivity index (χ0) is 13.1. The predicted molar refractivity (Wildman–Crippen MR) is 73.9 cm³/mol. The van der Waals surface area contributed by atoms with E-state index in [4.69, 9.17) is 10.5 Å². The Kier molecular flexibility index (Phi) is 3.08. The molecular formula is C15H13N3O. The van der Waals surface area contributed by atoms with E-state index in [1.807, 2.05) is 48.5 Å². The summed E-state index contributed by atoms with van der Waals surface area (Å²) in [6.07, 6.45) is 1.61. The molecule has 1 aromatic heterocycles. The molecule has 0 saturated carbocycles. The molecule has 4 nitrogen and oxygen atoms in total. The molecule has 0 saturated heterocycles. The van der Waals surface area contributed by atoms with Crippen LogP contribution in [0.4, 0.5) is 0 Å². The molecule has 0 aliphatic carbocycles. The highest BCUT2D eigenvalue weighted by atomic mass is 16.5. The molecule has 4 heteroatoms. The van der Waals surface area contributed by atoms with E-state index in [0.29, 0.717) is 12.4 Å². The number of hydrogen-bond donors (Lipinski definition) is 1. The Morgan fingerprint density at radius 3 is 2.74 bits per heavy atom. The maximum absolute atomic E-state index is 5.86. The highest BCUT2D eigenvalue weighted by Gasteiger charge is 2.07. The van der Waals surface area contributed by atoms with Crippen LogP contribution in [-0.2, 0) is 6.54 Å². The van der Waals surface area contributed by atoms with E-state index in [1.165, 1.54) is 0 Å². The first-order valence-electron chi connectivity index (χ1n) is 6.05. The van der Waals surface area contributed by atoms with E-state index in [0.717, 1.165) is 22.1 Å². The summed E-state index contributed by atoms with van der Waals surface area (Å²) in [4.78, 5) is 0. The third-order valence-electron chi connectivity index (χ3n) is 2.94. The van der Waals surface area contributed by atoms with Gasteiger partial charge in [0.2, 0.25) is 5.88 Å². The molecule has 1 heterocycles. The second-order valence-corrected chi connectivity index (χ2v) is 4.15. The molecule has 0 radical (unpaired) electrons. The summed E-state index contributed by atoms with van der Waals surface area (Å²) in [6, 6.07) is 15.8. The van der Waals surface area contributed by atoms with Gasteiger partial charge in [0.15, 0.2) is 0 Å². The van der Waals surface area contributed by atoms with Crippen molar-refractivity contribution in [1.29, 1.82) is 0 Å². The molecule has 0 unspecified atom stereocenters. The van der Waals surface area contributed by atoms with Gasteiger partial charge < -0.3 is 10.5 Å². The first-order chi connectivity index (χ1) is 9.38. The Morgan fingerprint density at radius 2 is 1.84 bits per heavy atom. The number of aromatic nitrogens is 2. The average Bonchev–Trinajstić information content (AvgIpc) is 2.48. The van der Waals surface area contributed by atoms with Crippen LogP contribution in [0.3, 0.4) is 0 Å². The second kappa shape index (κ2) is 5.04. The molecule has 0 atom stereocenters. The first kappa shape index (κ1) is 11.6. The minimum Gasteiger partial charge on any atom is -0.437 e. The highest BCUT2D eigenvalue weighted by Crippen LogP contribution is 2.29. The summed E-state index contributed by atoms with van der Waals surface area (Å²) in [5, 5.41) is 10.0. The van der Waals surface area contributed by atoms with Gasteiger partial charge in [-0.05, 0) is 17.5 Å². The Hall–Kier alpha value is -2.46. The molecule has 0 fully saturated rings. The van der Waals surface area contributed by atoms with Crippen molar-refractivity contribution in [2.24, 2.45) is 5.73 Å². The molecule has 0 aliphatic heterocycles. The fourth-order valence-corrected chi connectivity index (χ4v) is 1.97. The largest absolute Gasteiger partial charge is 0.437 e. The summed E-state index contributed by atoms with van der Waals surface area (Å²) in [5.41, 5.74) is 6.51. The van der Waals surface area contributed by atoms with Gasteiger partial charge in [0.25, 0.3) is 0 Å². The summed E-state index contributed by atoms with van der Waals surface area (Å²) in [5.74, 6) is 1.22. The lowest BCUT2D eigenvalue weighted by Gasteiger charge is -2.09. The van der Waals surface area contributed by atoms with E-state index >= 15 is 0 Å². The molecule has 94 valence electrons. The standard InChI is InChI=1S/C15H13N3O/c16-10-12-8-9-17-18-15(12)19-14-7-3-5-11-4-1-2-6-13(11)14/h1-9H,10,16H2. The van der Waals surface area contributed by atoms with Crippen molar-refractivity contribution in [2.75, 3.05) is 0 Å². The Bertz CT molecular complexity index is 707. The fourth-order valence-electron chi connectivity index (χ4n) is 1.97. The van der Waals surface area contributed by atoms with Gasteiger partial charge in [-0.25, -0.2) is 0 Å². The van der Waals surface area contributed by atoms with Crippen molar-refractivity contribution >= 4 is 10.8 Å². The maximum Gasteiger partial charge on any atom is 0.243 e. The van der Waals surface area contributed by atoms with E-state index < -0.39 is 0 Å². The third kappa shape index (κ3) is 2.26. The van der Waals surface area contributed by atoms with Gasteiger partial charge in [-0.3, -0.25) is 0 Å². The van der Waals surface area contributed by atoms with Gasteiger partial charge in [-0.2, -0.15) is 5.10 Å². The Balaban J connectivity index is 2.06. The first-order valence-corrected chi connectivity index (χ1v) is 6.05. The van der Waals surface area contributed by atoms with Crippen LogP contribution >= 0.6 is 0 Å². The van der Waals surface area contributed by atoms with Crippen LogP contribution in [0.2, 0.25) is 0 Å². The summed E-state index contributed by atoms with van der Waals surface area (Å²) in [7, 11) is 0. The zero-order valence-electron chi connectivity index (χ0n) is 10.3. The van der Waals surface area contributed by atoms with Gasteiger partial charge in [-0.15, -0.1) is 5.10 Å². The monoisotopic (exact) mass is 251 g/mol. The zero-order valence-corrected chi connectivity index (χ0v) is 10.3. The lowest BCUT2D eigenvalue weighted by molar-refractivity contribution is 0.453. The van der Waals surface area contributed by atoms with Crippen molar-refractivity contribution in [3.05, 3.63) is 60.3 Å². The number of fused-ring (bicyclic) bond motifs is 1. The molecular weight excluding hydrogens is 238 g/mol. The lowest BCUT2D eigenvalue weighted by Crippen LogP contribution is -2.02. The number of nitrogens with two attached hydrogens (primary N) is 1. The summed E-state index contributed by atoms with van der Waals surface area (Å²) in [6.45, 7) is 0.371. The van der Waals surface area contributed by atoms with Crippen molar-refractivity contribution in [1.82, 2.24) is 10.2 Å². The van der Waals surface area contributed by atoms with Gasteiger partial charge in [0.1, 0.15) is 5.75 Å². The fraction of sp³-hybridized carbons (Fsp3) is 0.0667. The highest BCUT2D eigenvalue weighted by molar-refractivity contribution is 5.88. The van der Waals surface area contributed by atoms with E-state index in [-0.39, 0.29) is 0 Å². The quantitative estimate of drug-likeness (QED) is 0.777. The number of ether oxygens (including phenoxy) is 1. The summed E-state index contributed by atoms with van der Waals surface area (Å²) >= 11 is 0. The molecule has 0 amide bonds. The van der Waals surface area contributed by atoms with Crippen LogP contribution in [0.25, 0.3) is 10.8 Å². The number of nitrogens with zero attached hydrogens (tertiary/aromatic N) is 2. The van der Waals surface area contributed by atoms with Crippen LogP contribution in [0.1, 0.15) is 5.56 Å². The molecule has 19 heavy (non-hydrogen) atoms. The van der Waals surface area contributed by atoms with E-state index in [2.05, 4.69) is 10.2 Å². The molecule has 3 rings (SSSR count). The van der Waals surface area contributed by atoms with E-state index in [1.54, 1.807) is 6.20 Å².